The Bertz CT molecular complexity index is 318. The van der Waals surface area contributed by atoms with Gasteiger partial charge in [0.1, 0.15) is 0 Å². The number of unbranched alkanes of at least 4 members (excludes halogenated alkanes) is 12. The third-order valence-corrected chi connectivity index (χ3v) is 4.32. The molecule has 0 heterocycles. The van der Waals surface area contributed by atoms with Crippen LogP contribution in [0.15, 0.2) is 24.3 Å². The van der Waals surface area contributed by atoms with Crippen LogP contribution < -0.4 is 0 Å². The molecular weight excluding hydrogens is 296 g/mol. The van der Waals surface area contributed by atoms with E-state index in [0.29, 0.717) is 6.42 Å². The molecule has 24 heavy (non-hydrogen) atoms. The van der Waals surface area contributed by atoms with E-state index in [1.807, 2.05) is 0 Å². The lowest BCUT2D eigenvalue weighted by Gasteiger charge is -1.98. The summed E-state index contributed by atoms with van der Waals surface area (Å²) in [5.74, 6) is -0.668. The Balaban J connectivity index is 3.18. The average Bonchev–Trinajstić information content (AvgIpc) is 2.56. The molecule has 0 radical (unpaired) electrons. The second-order valence-electron chi connectivity index (χ2n) is 6.78. The van der Waals surface area contributed by atoms with Crippen molar-refractivity contribution in [3.8, 4) is 0 Å². The van der Waals surface area contributed by atoms with Crippen molar-refractivity contribution in [2.24, 2.45) is 0 Å². The lowest BCUT2D eigenvalue weighted by molar-refractivity contribution is -0.137. The van der Waals surface area contributed by atoms with Crippen molar-refractivity contribution in [2.45, 2.75) is 110 Å². The zero-order valence-electron chi connectivity index (χ0n) is 16.0. The van der Waals surface area contributed by atoms with Gasteiger partial charge in [-0.1, -0.05) is 82.6 Å². The molecule has 0 unspecified atom stereocenters. The van der Waals surface area contributed by atoms with Gasteiger partial charge in [-0.2, -0.15) is 0 Å². The van der Waals surface area contributed by atoms with E-state index in [2.05, 4.69) is 31.2 Å². The minimum absolute atomic E-state index is 0.326. The molecule has 0 saturated heterocycles. The van der Waals surface area contributed by atoms with E-state index < -0.39 is 5.97 Å². The Morgan fingerprint density at radius 3 is 1.54 bits per heavy atom. The van der Waals surface area contributed by atoms with Crippen molar-refractivity contribution in [1.29, 1.82) is 0 Å². The van der Waals surface area contributed by atoms with Gasteiger partial charge in [0.05, 0.1) is 0 Å². The van der Waals surface area contributed by atoms with E-state index in [1.165, 1.54) is 77.0 Å². The number of allylic oxidation sites excluding steroid dienone is 4. The van der Waals surface area contributed by atoms with Crippen LogP contribution in [0.1, 0.15) is 110 Å². The second kappa shape index (κ2) is 20.0. The van der Waals surface area contributed by atoms with Gasteiger partial charge in [-0.15, -0.1) is 0 Å². The monoisotopic (exact) mass is 336 g/mol. The van der Waals surface area contributed by atoms with Gasteiger partial charge in [0.2, 0.25) is 0 Å². The smallest absolute Gasteiger partial charge is 0.303 e. The van der Waals surface area contributed by atoms with Crippen LogP contribution in [-0.4, -0.2) is 11.1 Å². The van der Waals surface area contributed by atoms with E-state index >= 15 is 0 Å². The van der Waals surface area contributed by atoms with E-state index in [1.54, 1.807) is 0 Å². The molecule has 0 fully saturated rings. The third-order valence-electron chi connectivity index (χ3n) is 4.32. The van der Waals surface area contributed by atoms with Gasteiger partial charge in [0.25, 0.3) is 0 Å². The maximum atomic E-state index is 10.4. The summed E-state index contributed by atoms with van der Waals surface area (Å²) < 4.78 is 0. The van der Waals surface area contributed by atoms with Gasteiger partial charge in [-0.3, -0.25) is 4.79 Å². The molecule has 0 aliphatic heterocycles. The summed E-state index contributed by atoms with van der Waals surface area (Å²) in [5.41, 5.74) is 0. The van der Waals surface area contributed by atoms with Crippen LogP contribution in [-0.2, 0) is 4.79 Å². The average molecular weight is 337 g/mol. The number of aliphatic carboxylic acids is 1. The van der Waals surface area contributed by atoms with Crippen LogP contribution in [0.4, 0.5) is 0 Å². The van der Waals surface area contributed by atoms with Crippen LogP contribution in [0.5, 0.6) is 0 Å². The molecule has 0 atom stereocenters. The van der Waals surface area contributed by atoms with Gasteiger partial charge < -0.3 is 5.11 Å². The maximum absolute atomic E-state index is 10.4. The summed E-state index contributed by atoms with van der Waals surface area (Å²) in [4.78, 5) is 10.4. The fraction of sp³-hybridized carbons (Fsp3) is 0.773. The molecule has 0 bridgehead atoms. The highest BCUT2D eigenvalue weighted by molar-refractivity contribution is 5.66. The molecule has 140 valence electrons. The highest BCUT2D eigenvalue weighted by Gasteiger charge is 1.95. The van der Waals surface area contributed by atoms with E-state index in [-0.39, 0.29) is 0 Å². The maximum Gasteiger partial charge on any atom is 0.303 e. The van der Waals surface area contributed by atoms with E-state index in [0.717, 1.165) is 19.3 Å². The van der Waals surface area contributed by atoms with Crippen molar-refractivity contribution < 1.29 is 9.90 Å². The van der Waals surface area contributed by atoms with Crippen molar-refractivity contribution >= 4 is 5.97 Å². The van der Waals surface area contributed by atoms with Crippen LogP contribution in [0, 0.1) is 0 Å². The standard InChI is InChI=1S/C22H40O2/c1-2-3-4-5-6-7-8-9-10-11-12-13-14-15-16-17-18-19-20-21-22(23)24/h9-10,13-14H,2-8,11-12,15-21H2,1H3,(H,23,24)/b10-9+,14-13+. The Hall–Kier alpha value is -1.05. The summed E-state index contributed by atoms with van der Waals surface area (Å²) in [7, 11) is 0. The number of hydrogen-bond acceptors (Lipinski definition) is 1. The first-order valence-electron chi connectivity index (χ1n) is 10.3. The number of rotatable bonds is 18. The van der Waals surface area contributed by atoms with Gasteiger partial charge in [0, 0.05) is 6.42 Å². The van der Waals surface area contributed by atoms with Gasteiger partial charge in [0.15, 0.2) is 0 Å². The Morgan fingerprint density at radius 2 is 1.04 bits per heavy atom. The minimum Gasteiger partial charge on any atom is -0.481 e. The van der Waals surface area contributed by atoms with Crippen LogP contribution in [0.2, 0.25) is 0 Å². The third kappa shape index (κ3) is 20.9. The predicted molar refractivity (Wildman–Crippen MR) is 105 cm³/mol. The molecule has 0 aromatic carbocycles. The highest BCUT2D eigenvalue weighted by Crippen LogP contribution is 2.09. The van der Waals surface area contributed by atoms with E-state index in [9.17, 15) is 4.79 Å². The summed E-state index contributed by atoms with van der Waals surface area (Å²) in [6.07, 6.45) is 28.2. The first-order valence-corrected chi connectivity index (χ1v) is 10.3. The van der Waals surface area contributed by atoms with Gasteiger partial charge >= 0.3 is 5.97 Å². The molecule has 0 saturated carbocycles. The van der Waals surface area contributed by atoms with Crippen molar-refractivity contribution in [1.82, 2.24) is 0 Å². The lowest BCUT2D eigenvalue weighted by Crippen LogP contribution is -1.93. The fourth-order valence-corrected chi connectivity index (χ4v) is 2.78. The van der Waals surface area contributed by atoms with Crippen LogP contribution >= 0.6 is 0 Å². The Labute approximate surface area is 150 Å². The predicted octanol–water partition coefficient (Wildman–Crippen LogP) is 7.44. The van der Waals surface area contributed by atoms with Gasteiger partial charge in [-0.25, -0.2) is 0 Å². The number of hydrogen-bond donors (Lipinski definition) is 1. The summed E-state index contributed by atoms with van der Waals surface area (Å²) in [5, 5.41) is 8.54. The molecule has 0 aliphatic carbocycles. The number of carboxylic acid groups (broad SMARTS) is 1. The second-order valence-corrected chi connectivity index (χ2v) is 6.78. The minimum atomic E-state index is -0.668. The molecule has 0 spiro atoms. The van der Waals surface area contributed by atoms with Crippen LogP contribution in [0.3, 0.4) is 0 Å². The van der Waals surface area contributed by atoms with Crippen LogP contribution in [0.25, 0.3) is 0 Å². The highest BCUT2D eigenvalue weighted by atomic mass is 16.4. The Kier molecular flexibility index (Phi) is 19.1. The molecule has 1 N–H and O–H groups in total. The molecule has 0 aromatic rings. The summed E-state index contributed by atoms with van der Waals surface area (Å²) >= 11 is 0. The normalized spacial score (nSPS) is 11.7. The number of carbonyl (C=O) groups is 1. The first-order chi connectivity index (χ1) is 11.8. The first kappa shape index (κ1) is 22.9. The molecule has 2 nitrogen and oxygen atoms in total. The molecule has 0 rings (SSSR count). The molecule has 2 heteroatoms. The molecular formula is C22H40O2. The quantitative estimate of drug-likeness (QED) is 0.208. The zero-order chi connectivity index (χ0) is 17.7. The van der Waals surface area contributed by atoms with E-state index in [4.69, 9.17) is 5.11 Å². The number of carboxylic acids is 1. The van der Waals surface area contributed by atoms with Crippen molar-refractivity contribution in [2.75, 3.05) is 0 Å². The molecule has 0 aliphatic rings. The summed E-state index contributed by atoms with van der Waals surface area (Å²) in [6.45, 7) is 2.27. The molecule has 0 aromatic heterocycles. The lowest BCUT2D eigenvalue weighted by atomic mass is 10.1. The van der Waals surface area contributed by atoms with Gasteiger partial charge in [-0.05, 0) is 44.9 Å². The zero-order valence-corrected chi connectivity index (χ0v) is 16.0. The molecule has 0 amide bonds. The topological polar surface area (TPSA) is 37.3 Å². The summed E-state index contributed by atoms with van der Waals surface area (Å²) in [6, 6.07) is 0. The Morgan fingerprint density at radius 1 is 0.625 bits per heavy atom. The van der Waals surface area contributed by atoms with Crippen molar-refractivity contribution in [3.63, 3.8) is 0 Å². The fourth-order valence-electron chi connectivity index (χ4n) is 2.78. The SMILES string of the molecule is CCCCCCCC/C=C/CC/C=C/CCCCCCCC(=O)O. The largest absolute Gasteiger partial charge is 0.481 e. The van der Waals surface area contributed by atoms with Crippen molar-refractivity contribution in [3.05, 3.63) is 24.3 Å².